The van der Waals surface area contributed by atoms with E-state index in [4.69, 9.17) is 5.73 Å². The van der Waals surface area contributed by atoms with Crippen LogP contribution in [0.5, 0.6) is 0 Å². The summed E-state index contributed by atoms with van der Waals surface area (Å²) >= 11 is 5.21. The third kappa shape index (κ3) is 2.54. The van der Waals surface area contributed by atoms with Crippen LogP contribution in [0.4, 0.5) is 11.5 Å². The van der Waals surface area contributed by atoms with Crippen LogP contribution in [0.2, 0.25) is 0 Å². The van der Waals surface area contributed by atoms with Crippen molar-refractivity contribution in [2.24, 2.45) is 0 Å². The molecule has 84 valence electrons. The summed E-state index contributed by atoms with van der Waals surface area (Å²) in [6, 6.07) is 5.81. The molecule has 0 atom stereocenters. The molecule has 0 aliphatic carbocycles. The predicted octanol–water partition coefficient (Wildman–Crippen LogP) is 3.41. The smallest absolute Gasteiger partial charge is 0.126 e. The number of nitrogens with one attached hydrogen (secondary N) is 1. The molecule has 2 heterocycles. The van der Waals surface area contributed by atoms with Crippen molar-refractivity contribution in [3.05, 3.63) is 38.6 Å². The van der Waals surface area contributed by atoms with Crippen LogP contribution < -0.4 is 11.1 Å². The molecule has 16 heavy (non-hydrogen) atoms. The highest BCUT2D eigenvalue weighted by molar-refractivity contribution is 9.10. The summed E-state index contributed by atoms with van der Waals surface area (Å²) in [5.41, 5.74) is 7.29. The Kier molecular flexibility index (Phi) is 3.46. The highest BCUT2D eigenvalue weighted by Crippen LogP contribution is 2.23. The monoisotopic (exact) mass is 297 g/mol. The van der Waals surface area contributed by atoms with Gasteiger partial charge in [-0.05, 0) is 46.4 Å². The SMILES string of the molecule is Cc1nc(NCc2sccc2Br)ccc1N. The lowest BCUT2D eigenvalue weighted by atomic mass is 10.3. The van der Waals surface area contributed by atoms with Gasteiger partial charge in [0.1, 0.15) is 5.82 Å². The Bertz CT molecular complexity index is 496. The number of halogens is 1. The summed E-state index contributed by atoms with van der Waals surface area (Å²) in [4.78, 5) is 5.62. The zero-order chi connectivity index (χ0) is 11.5. The summed E-state index contributed by atoms with van der Waals surface area (Å²) in [7, 11) is 0. The van der Waals surface area contributed by atoms with E-state index in [1.807, 2.05) is 25.1 Å². The van der Waals surface area contributed by atoms with Crippen LogP contribution in [0.3, 0.4) is 0 Å². The molecule has 0 unspecified atom stereocenters. The molecule has 3 N–H and O–H groups in total. The van der Waals surface area contributed by atoms with Gasteiger partial charge in [-0.3, -0.25) is 0 Å². The second kappa shape index (κ2) is 4.84. The van der Waals surface area contributed by atoms with Gasteiger partial charge in [0.05, 0.1) is 17.9 Å². The first-order valence-corrected chi connectivity index (χ1v) is 6.53. The molecule has 2 rings (SSSR count). The molecule has 0 aliphatic heterocycles. The van der Waals surface area contributed by atoms with Crippen LogP contribution in [0.1, 0.15) is 10.6 Å². The van der Waals surface area contributed by atoms with Crippen LogP contribution in [0, 0.1) is 6.92 Å². The van der Waals surface area contributed by atoms with E-state index < -0.39 is 0 Å². The summed E-state index contributed by atoms with van der Waals surface area (Å²) in [6.07, 6.45) is 0. The van der Waals surface area contributed by atoms with Crippen molar-refractivity contribution >= 4 is 38.8 Å². The normalized spacial score (nSPS) is 10.4. The maximum absolute atomic E-state index is 5.71. The number of aromatic nitrogens is 1. The highest BCUT2D eigenvalue weighted by Gasteiger charge is 2.02. The second-order valence-electron chi connectivity index (χ2n) is 3.42. The Morgan fingerprint density at radius 3 is 2.88 bits per heavy atom. The lowest BCUT2D eigenvalue weighted by Gasteiger charge is -2.06. The third-order valence-corrected chi connectivity index (χ3v) is 4.17. The average molecular weight is 298 g/mol. The van der Waals surface area contributed by atoms with Gasteiger partial charge in [-0.25, -0.2) is 4.98 Å². The Morgan fingerprint density at radius 1 is 1.44 bits per heavy atom. The first-order chi connectivity index (χ1) is 7.66. The van der Waals surface area contributed by atoms with Crippen LogP contribution in [0.15, 0.2) is 28.1 Å². The van der Waals surface area contributed by atoms with E-state index >= 15 is 0 Å². The van der Waals surface area contributed by atoms with Crippen molar-refractivity contribution in [1.29, 1.82) is 0 Å². The largest absolute Gasteiger partial charge is 0.397 e. The minimum atomic E-state index is 0.725. The number of anilines is 2. The molecule has 3 nitrogen and oxygen atoms in total. The molecule has 0 spiro atoms. The summed E-state index contributed by atoms with van der Waals surface area (Å²) in [5.74, 6) is 0.854. The molecule has 0 fully saturated rings. The second-order valence-corrected chi connectivity index (χ2v) is 5.27. The first kappa shape index (κ1) is 11.4. The molecule has 0 bridgehead atoms. The van der Waals surface area contributed by atoms with Gasteiger partial charge in [0.25, 0.3) is 0 Å². The van der Waals surface area contributed by atoms with E-state index in [1.165, 1.54) is 4.88 Å². The minimum Gasteiger partial charge on any atom is -0.397 e. The molecule has 0 saturated heterocycles. The molecule has 2 aromatic heterocycles. The van der Waals surface area contributed by atoms with Gasteiger partial charge in [0.15, 0.2) is 0 Å². The van der Waals surface area contributed by atoms with Gasteiger partial charge in [-0.1, -0.05) is 0 Å². The third-order valence-electron chi connectivity index (χ3n) is 2.25. The Hall–Kier alpha value is -1.07. The summed E-state index contributed by atoms with van der Waals surface area (Å²) in [6.45, 7) is 2.68. The lowest BCUT2D eigenvalue weighted by Crippen LogP contribution is -2.02. The molecule has 5 heteroatoms. The van der Waals surface area contributed by atoms with Crippen molar-refractivity contribution < 1.29 is 0 Å². The number of thiophene rings is 1. The molecule has 0 radical (unpaired) electrons. The molecule has 0 aliphatic rings. The number of nitrogens with zero attached hydrogens (tertiary/aromatic N) is 1. The van der Waals surface area contributed by atoms with Crippen molar-refractivity contribution in [1.82, 2.24) is 4.98 Å². The van der Waals surface area contributed by atoms with E-state index in [1.54, 1.807) is 11.3 Å². The van der Waals surface area contributed by atoms with Gasteiger partial charge in [-0.2, -0.15) is 0 Å². The van der Waals surface area contributed by atoms with Gasteiger partial charge >= 0.3 is 0 Å². The number of aryl methyl sites for hydroxylation is 1. The van der Waals surface area contributed by atoms with Gasteiger partial charge in [-0.15, -0.1) is 11.3 Å². The summed E-state index contributed by atoms with van der Waals surface area (Å²) in [5, 5.41) is 5.33. The molecule has 0 saturated carbocycles. The number of nitrogens with two attached hydrogens (primary N) is 1. The minimum absolute atomic E-state index is 0.725. The fraction of sp³-hybridized carbons (Fsp3) is 0.182. The Labute approximate surface area is 107 Å². The lowest BCUT2D eigenvalue weighted by molar-refractivity contribution is 1.11. The first-order valence-electron chi connectivity index (χ1n) is 4.85. The van der Waals surface area contributed by atoms with E-state index in [0.717, 1.165) is 28.2 Å². The standard InChI is InChI=1S/C11H12BrN3S/c1-7-9(13)2-3-11(15-7)14-6-10-8(12)4-5-16-10/h2-5H,6,13H2,1H3,(H,14,15). The number of pyridine rings is 1. The van der Waals surface area contributed by atoms with E-state index in [9.17, 15) is 0 Å². The molecule has 0 aromatic carbocycles. The van der Waals surface area contributed by atoms with Crippen LogP contribution in [-0.4, -0.2) is 4.98 Å². The topological polar surface area (TPSA) is 50.9 Å². The summed E-state index contributed by atoms with van der Waals surface area (Å²) < 4.78 is 1.14. The Balaban J connectivity index is 2.05. The highest BCUT2D eigenvalue weighted by atomic mass is 79.9. The molecule has 0 amide bonds. The molecule has 2 aromatic rings. The number of nitrogen functional groups attached to an aromatic ring is 1. The maximum atomic E-state index is 5.71. The van der Waals surface area contributed by atoms with Crippen molar-refractivity contribution in [2.45, 2.75) is 13.5 Å². The van der Waals surface area contributed by atoms with Crippen LogP contribution >= 0.6 is 27.3 Å². The number of hydrogen-bond donors (Lipinski definition) is 2. The predicted molar refractivity (Wildman–Crippen MR) is 72.7 cm³/mol. The fourth-order valence-electron chi connectivity index (χ4n) is 1.29. The van der Waals surface area contributed by atoms with Crippen molar-refractivity contribution in [3.63, 3.8) is 0 Å². The zero-order valence-electron chi connectivity index (χ0n) is 8.83. The average Bonchev–Trinajstić information content (AvgIpc) is 2.66. The van der Waals surface area contributed by atoms with Crippen molar-refractivity contribution in [2.75, 3.05) is 11.1 Å². The Morgan fingerprint density at radius 2 is 2.25 bits per heavy atom. The fourth-order valence-corrected chi connectivity index (χ4v) is 2.72. The van der Waals surface area contributed by atoms with E-state index in [-0.39, 0.29) is 0 Å². The van der Waals surface area contributed by atoms with Crippen LogP contribution in [0.25, 0.3) is 0 Å². The zero-order valence-corrected chi connectivity index (χ0v) is 11.2. The maximum Gasteiger partial charge on any atom is 0.126 e. The van der Waals surface area contributed by atoms with Gasteiger partial charge in [0.2, 0.25) is 0 Å². The van der Waals surface area contributed by atoms with E-state index in [0.29, 0.717) is 0 Å². The quantitative estimate of drug-likeness (QED) is 0.913. The molecular formula is C11H12BrN3S. The van der Waals surface area contributed by atoms with Gasteiger partial charge in [0, 0.05) is 9.35 Å². The van der Waals surface area contributed by atoms with Gasteiger partial charge < -0.3 is 11.1 Å². The molecular weight excluding hydrogens is 286 g/mol. The van der Waals surface area contributed by atoms with Crippen LogP contribution in [-0.2, 0) is 6.54 Å². The number of hydrogen-bond acceptors (Lipinski definition) is 4. The van der Waals surface area contributed by atoms with Crippen molar-refractivity contribution in [3.8, 4) is 0 Å². The van der Waals surface area contributed by atoms with E-state index in [2.05, 4.69) is 31.6 Å². The number of rotatable bonds is 3.